The third-order valence-corrected chi connectivity index (χ3v) is 5.69. The van der Waals surface area contributed by atoms with Gasteiger partial charge in [-0.15, -0.1) is 42.0 Å². The molecule has 3 aromatic carbocycles. The van der Waals surface area contributed by atoms with Crippen LogP contribution in [0.1, 0.15) is 0 Å². The molecule has 0 saturated heterocycles. The molecule has 0 atom stereocenters. The number of nitrogens with zero attached hydrogens (tertiary/aromatic N) is 4. The Bertz CT molecular complexity index is 1720. The van der Waals surface area contributed by atoms with Crippen molar-refractivity contribution in [2.24, 2.45) is 0 Å². The number of pyridine rings is 2. The fourth-order valence-electron chi connectivity index (χ4n) is 3.93. The van der Waals surface area contributed by atoms with Crippen molar-refractivity contribution in [3.05, 3.63) is 134 Å². The van der Waals surface area contributed by atoms with E-state index in [1.165, 1.54) is 0 Å². The molecule has 0 unspecified atom stereocenters. The van der Waals surface area contributed by atoms with Gasteiger partial charge in [0.25, 0.3) is 12.4 Å². The van der Waals surface area contributed by atoms with E-state index < -0.39 is 0 Å². The van der Waals surface area contributed by atoms with E-state index in [9.17, 15) is 0 Å². The molecular weight excluding hydrogens is 637 g/mol. The van der Waals surface area contributed by atoms with Crippen LogP contribution in [0.15, 0.2) is 126 Å². The van der Waals surface area contributed by atoms with E-state index in [-0.39, 0.29) is 20.1 Å². The second kappa shape index (κ2) is 11.1. The molecule has 0 aliphatic carbocycles. The van der Waals surface area contributed by atoms with E-state index in [2.05, 4.69) is 28.1 Å². The summed E-state index contributed by atoms with van der Waals surface area (Å²) in [6, 6.07) is 41.3. The summed E-state index contributed by atoms with van der Waals surface area (Å²) < 4.78 is 9.68. The molecule has 5 nitrogen and oxygen atoms in total. The Morgan fingerprint density at radius 2 is 1.54 bits per heavy atom. The zero-order valence-electron chi connectivity index (χ0n) is 19.6. The molecule has 1 aliphatic heterocycles. The quantitative estimate of drug-likeness (QED) is 0.153. The first-order valence-electron chi connectivity index (χ1n) is 11.5. The molecule has 1 radical (unpaired) electrons. The van der Waals surface area contributed by atoms with Crippen molar-refractivity contribution in [1.29, 1.82) is 0 Å². The van der Waals surface area contributed by atoms with Gasteiger partial charge in [-0.1, -0.05) is 57.0 Å². The number of fused-ring (bicyclic) bond motifs is 3. The Hall–Kier alpha value is -4.47. The molecule has 0 N–H and O–H groups in total. The van der Waals surface area contributed by atoms with Gasteiger partial charge in [-0.25, -0.2) is 4.98 Å². The fraction of sp³-hybridized carbons (Fsp3) is 0. The molecular formula is C31H20IrN4O. The fourth-order valence-corrected chi connectivity index (χ4v) is 3.93. The molecule has 0 saturated carbocycles. The molecule has 0 spiro atoms. The average molecular weight is 657 g/mol. The number of hydrogen-bond acceptors (Lipinski definition) is 3. The SMILES string of the molecule is C1=[N+](c2[c-]cc3c(c2)oc2ncccc23)C=C[N+]=1c1ccccc1.[Ir].[c-]1ccccc1-c1ccccn1. The van der Waals surface area contributed by atoms with Crippen LogP contribution in [-0.2, 0) is 20.1 Å². The van der Waals surface area contributed by atoms with Crippen LogP contribution < -0.4 is 0 Å². The third kappa shape index (κ3) is 5.23. The van der Waals surface area contributed by atoms with Gasteiger partial charge in [0.1, 0.15) is 5.69 Å². The Kier molecular flexibility index (Phi) is 7.25. The first-order valence-corrected chi connectivity index (χ1v) is 11.5. The largest absolute Gasteiger partial charge is 0.499 e. The minimum atomic E-state index is 0. The van der Waals surface area contributed by atoms with Crippen molar-refractivity contribution < 1.29 is 33.7 Å². The van der Waals surface area contributed by atoms with Crippen molar-refractivity contribution in [2.45, 2.75) is 0 Å². The molecule has 179 valence electrons. The summed E-state index contributed by atoms with van der Waals surface area (Å²) in [5, 5.41) is 2.02. The van der Waals surface area contributed by atoms with Crippen molar-refractivity contribution in [2.75, 3.05) is 0 Å². The number of rotatable bonds is 3. The van der Waals surface area contributed by atoms with Crippen LogP contribution in [0.2, 0.25) is 0 Å². The van der Waals surface area contributed by atoms with Gasteiger partial charge in [-0.2, -0.15) is 6.07 Å². The van der Waals surface area contributed by atoms with Crippen LogP contribution in [0.25, 0.3) is 33.3 Å². The summed E-state index contributed by atoms with van der Waals surface area (Å²) >= 11 is 0. The van der Waals surface area contributed by atoms with E-state index in [1.807, 2.05) is 119 Å². The molecule has 0 amide bonds. The van der Waals surface area contributed by atoms with Gasteiger partial charge in [-0.3, -0.25) is 0 Å². The predicted octanol–water partition coefficient (Wildman–Crippen LogP) is 6.97. The van der Waals surface area contributed by atoms with E-state index in [0.717, 1.165) is 39.0 Å². The molecule has 0 bridgehead atoms. The first kappa shape index (κ1) is 24.2. The van der Waals surface area contributed by atoms with Gasteiger partial charge < -0.3 is 9.40 Å². The summed E-state index contributed by atoms with van der Waals surface area (Å²) in [5.41, 5.74) is 5.39. The van der Waals surface area contributed by atoms with Gasteiger partial charge in [-0.05, 0) is 23.2 Å². The van der Waals surface area contributed by atoms with Crippen molar-refractivity contribution in [3.8, 4) is 11.3 Å². The van der Waals surface area contributed by atoms with Gasteiger partial charge in [0.15, 0.2) is 0 Å². The Labute approximate surface area is 227 Å². The van der Waals surface area contributed by atoms with Crippen LogP contribution in [-0.4, -0.2) is 25.1 Å². The van der Waals surface area contributed by atoms with Crippen LogP contribution in [0.5, 0.6) is 0 Å². The van der Waals surface area contributed by atoms with E-state index in [0.29, 0.717) is 5.71 Å². The summed E-state index contributed by atoms with van der Waals surface area (Å²) in [5.74, 6) is 0. The van der Waals surface area contributed by atoms with E-state index in [4.69, 9.17) is 4.42 Å². The Balaban J connectivity index is 0.000000183. The Morgan fingerprint density at radius 1 is 0.730 bits per heavy atom. The molecule has 0 fully saturated rings. The molecule has 7 rings (SSSR count). The number of furan rings is 1. The summed E-state index contributed by atoms with van der Waals surface area (Å²) in [6.45, 7) is 0. The standard InChI is InChI=1S/C20H12N3O.C11H8N.Ir/c1-2-5-15(6-3-1)22-11-12-23(14-22)16-8-9-17-18-7-4-10-21-20(18)24-19(17)13-16;1-2-6-10(7-3-1)11-8-4-5-9-12-11;/h1-7,9-13H;1-6,8-9H;/q+1;-1;. The van der Waals surface area contributed by atoms with Crippen LogP contribution in [0.3, 0.4) is 0 Å². The maximum Gasteiger partial charge on any atom is 0.499 e. The molecule has 3 aromatic heterocycles. The second-order valence-corrected chi connectivity index (χ2v) is 8.02. The van der Waals surface area contributed by atoms with Crippen LogP contribution >= 0.6 is 0 Å². The number of aromatic nitrogens is 2. The topological polar surface area (TPSA) is 44.9 Å². The first-order chi connectivity index (χ1) is 17.8. The zero-order chi connectivity index (χ0) is 24.2. The molecule has 6 heteroatoms. The van der Waals surface area contributed by atoms with E-state index >= 15 is 0 Å². The van der Waals surface area contributed by atoms with Crippen molar-refractivity contribution >= 4 is 39.5 Å². The molecule has 37 heavy (non-hydrogen) atoms. The Morgan fingerprint density at radius 3 is 2.35 bits per heavy atom. The van der Waals surface area contributed by atoms with Crippen molar-refractivity contribution in [3.63, 3.8) is 0 Å². The molecule has 1 aliphatic rings. The average Bonchev–Trinajstić information content (AvgIpc) is 3.60. The predicted molar refractivity (Wildman–Crippen MR) is 139 cm³/mol. The summed E-state index contributed by atoms with van der Waals surface area (Å²) in [6.07, 6.45) is 7.44. The van der Waals surface area contributed by atoms with Crippen LogP contribution in [0.4, 0.5) is 11.4 Å². The minimum Gasteiger partial charge on any atom is -0.465 e. The maximum absolute atomic E-state index is 5.84. The van der Waals surface area contributed by atoms with Gasteiger partial charge in [0.2, 0.25) is 11.4 Å². The smallest absolute Gasteiger partial charge is 0.465 e. The molecule has 6 aromatic rings. The number of hydrogen-bond donors (Lipinski definition) is 0. The zero-order valence-corrected chi connectivity index (χ0v) is 22.0. The third-order valence-electron chi connectivity index (χ3n) is 5.69. The van der Waals surface area contributed by atoms with Gasteiger partial charge >= 0.3 is 6.01 Å². The number of benzene rings is 3. The summed E-state index contributed by atoms with van der Waals surface area (Å²) in [7, 11) is 0. The normalized spacial score (nSPS) is 11.9. The monoisotopic (exact) mass is 657 g/mol. The molecule has 4 heterocycles. The second-order valence-electron chi connectivity index (χ2n) is 8.02. The van der Waals surface area contributed by atoms with Crippen LogP contribution in [0, 0.1) is 12.1 Å². The maximum atomic E-state index is 5.84. The van der Waals surface area contributed by atoms with Gasteiger partial charge in [0, 0.05) is 50.2 Å². The van der Waals surface area contributed by atoms with E-state index in [1.54, 1.807) is 12.4 Å². The minimum absolute atomic E-state index is 0. The van der Waals surface area contributed by atoms with Crippen molar-refractivity contribution in [1.82, 2.24) is 9.97 Å². The van der Waals surface area contributed by atoms with Gasteiger partial charge in [0.05, 0.1) is 0 Å². The summed E-state index contributed by atoms with van der Waals surface area (Å²) in [4.78, 5) is 8.48. The number of para-hydroxylation sites is 1.